The highest BCUT2D eigenvalue weighted by molar-refractivity contribution is 6.39. The Balaban J connectivity index is 2.05. The van der Waals surface area contributed by atoms with Crippen LogP contribution in [0.1, 0.15) is 26.3 Å². The number of carbonyl (C=O) groups excluding carboxylic acids is 2. The van der Waals surface area contributed by atoms with Crippen molar-refractivity contribution in [3.63, 3.8) is 0 Å². The highest BCUT2D eigenvalue weighted by Crippen LogP contribution is 2.36. The fraction of sp³-hybridized carbons (Fsp3) is 0.143. The molecule has 3 aromatic carbocycles. The number of ether oxygens (including phenoxy) is 3. The van der Waals surface area contributed by atoms with Crippen molar-refractivity contribution in [3.8, 4) is 5.75 Å². The summed E-state index contributed by atoms with van der Waals surface area (Å²) in [5.74, 6) is -0.603. The average Bonchev–Trinajstić information content (AvgIpc) is 2.70. The van der Waals surface area contributed by atoms with E-state index in [-0.39, 0.29) is 6.61 Å². The Labute approximate surface area is 171 Å². The van der Waals surface area contributed by atoms with Crippen molar-refractivity contribution >= 4 is 45.9 Å². The monoisotopic (exact) mass is 418 g/mol. The molecule has 0 unspecified atom stereocenters. The van der Waals surface area contributed by atoms with E-state index < -0.39 is 11.9 Å². The molecule has 0 bridgehead atoms. The van der Waals surface area contributed by atoms with Crippen molar-refractivity contribution in [2.75, 3.05) is 14.2 Å². The molecule has 5 nitrogen and oxygen atoms in total. The zero-order valence-electron chi connectivity index (χ0n) is 15.1. The molecule has 7 heteroatoms. The van der Waals surface area contributed by atoms with Crippen LogP contribution in [0.2, 0.25) is 10.0 Å². The van der Waals surface area contributed by atoms with Crippen molar-refractivity contribution in [2.45, 2.75) is 6.61 Å². The first-order valence-electron chi connectivity index (χ1n) is 8.24. The van der Waals surface area contributed by atoms with Gasteiger partial charge in [-0.15, -0.1) is 0 Å². The van der Waals surface area contributed by atoms with Gasteiger partial charge in [0.1, 0.15) is 12.4 Å². The summed E-state index contributed by atoms with van der Waals surface area (Å²) in [6.07, 6.45) is 0. The smallest absolute Gasteiger partial charge is 0.338 e. The molecule has 0 aromatic heterocycles. The fourth-order valence-electron chi connectivity index (χ4n) is 2.85. The lowest BCUT2D eigenvalue weighted by Gasteiger charge is -2.14. The lowest BCUT2D eigenvalue weighted by Crippen LogP contribution is -2.08. The molecule has 0 N–H and O–H groups in total. The highest BCUT2D eigenvalue weighted by Gasteiger charge is 2.16. The number of esters is 2. The van der Waals surface area contributed by atoms with E-state index in [1.165, 1.54) is 14.2 Å². The molecule has 0 amide bonds. The summed E-state index contributed by atoms with van der Waals surface area (Å²) in [6.45, 7) is 0.0734. The number of benzene rings is 3. The van der Waals surface area contributed by atoms with E-state index in [1.54, 1.807) is 48.5 Å². The lowest BCUT2D eigenvalue weighted by molar-refractivity contribution is 0.0591. The summed E-state index contributed by atoms with van der Waals surface area (Å²) in [5.41, 5.74) is 1.33. The van der Waals surface area contributed by atoms with Gasteiger partial charge in [0.15, 0.2) is 0 Å². The predicted molar refractivity (Wildman–Crippen MR) is 107 cm³/mol. The summed E-state index contributed by atoms with van der Waals surface area (Å²) in [5, 5.41) is 2.06. The zero-order chi connectivity index (χ0) is 20.3. The third-order valence-electron chi connectivity index (χ3n) is 4.16. The predicted octanol–water partition coefficient (Wildman–Crippen LogP) is 5.30. The summed E-state index contributed by atoms with van der Waals surface area (Å²) < 4.78 is 15.6. The number of methoxy groups -OCH3 is 2. The first-order valence-corrected chi connectivity index (χ1v) is 9.00. The molecule has 3 rings (SSSR count). The number of halogens is 2. The topological polar surface area (TPSA) is 61.8 Å². The minimum Gasteiger partial charge on any atom is -0.488 e. The van der Waals surface area contributed by atoms with E-state index in [4.69, 9.17) is 37.4 Å². The fourth-order valence-corrected chi connectivity index (χ4v) is 3.45. The minimum atomic E-state index is -0.516. The molecule has 144 valence electrons. The number of hydrogen-bond donors (Lipinski definition) is 0. The van der Waals surface area contributed by atoms with Crippen LogP contribution in [0.15, 0.2) is 48.5 Å². The van der Waals surface area contributed by atoms with E-state index in [1.807, 2.05) is 0 Å². The van der Waals surface area contributed by atoms with Gasteiger partial charge >= 0.3 is 11.9 Å². The Morgan fingerprint density at radius 3 is 2.36 bits per heavy atom. The van der Waals surface area contributed by atoms with Crippen molar-refractivity contribution in [3.05, 3.63) is 75.3 Å². The normalized spacial score (nSPS) is 10.6. The van der Waals surface area contributed by atoms with Crippen molar-refractivity contribution in [1.29, 1.82) is 0 Å². The van der Waals surface area contributed by atoms with E-state index in [0.717, 1.165) is 0 Å². The van der Waals surface area contributed by atoms with Crippen LogP contribution in [0.25, 0.3) is 10.8 Å². The van der Waals surface area contributed by atoms with Crippen LogP contribution in [0.3, 0.4) is 0 Å². The Bertz CT molecular complexity index is 1060. The largest absolute Gasteiger partial charge is 0.488 e. The van der Waals surface area contributed by atoms with Crippen LogP contribution in [0.4, 0.5) is 0 Å². The average molecular weight is 419 g/mol. The van der Waals surface area contributed by atoms with Crippen molar-refractivity contribution in [1.82, 2.24) is 0 Å². The van der Waals surface area contributed by atoms with Crippen molar-refractivity contribution < 1.29 is 23.8 Å². The van der Waals surface area contributed by atoms with Gasteiger partial charge in [0.2, 0.25) is 0 Å². The Morgan fingerprint density at radius 1 is 0.929 bits per heavy atom. The van der Waals surface area contributed by atoms with E-state index in [0.29, 0.717) is 43.3 Å². The first kappa shape index (κ1) is 20.0. The van der Waals surface area contributed by atoms with E-state index >= 15 is 0 Å². The molecule has 0 fully saturated rings. The molecule has 28 heavy (non-hydrogen) atoms. The van der Waals surface area contributed by atoms with Gasteiger partial charge in [0, 0.05) is 16.0 Å². The molecule has 0 saturated carbocycles. The molecule has 0 atom stereocenters. The zero-order valence-corrected chi connectivity index (χ0v) is 16.6. The Hall–Kier alpha value is -2.76. The van der Waals surface area contributed by atoms with Crippen LogP contribution in [-0.4, -0.2) is 26.2 Å². The second kappa shape index (κ2) is 8.50. The van der Waals surface area contributed by atoms with Gasteiger partial charge in [-0.05, 0) is 35.7 Å². The van der Waals surface area contributed by atoms with Gasteiger partial charge in [-0.1, -0.05) is 41.4 Å². The number of rotatable bonds is 5. The number of fused-ring (bicyclic) bond motifs is 1. The maximum atomic E-state index is 12.0. The van der Waals surface area contributed by atoms with Crippen LogP contribution in [-0.2, 0) is 16.1 Å². The quantitative estimate of drug-likeness (QED) is 0.526. The molecule has 3 aromatic rings. The summed E-state index contributed by atoms with van der Waals surface area (Å²) in [7, 11) is 2.61. The van der Waals surface area contributed by atoms with Gasteiger partial charge in [0.05, 0.1) is 30.4 Å². The minimum absolute atomic E-state index is 0.0734. The Morgan fingerprint density at radius 2 is 1.64 bits per heavy atom. The van der Waals surface area contributed by atoms with Gasteiger partial charge in [0.25, 0.3) is 0 Å². The third kappa shape index (κ3) is 4.06. The maximum Gasteiger partial charge on any atom is 0.338 e. The van der Waals surface area contributed by atoms with Gasteiger partial charge < -0.3 is 14.2 Å². The summed E-state index contributed by atoms with van der Waals surface area (Å²) in [6, 6.07) is 13.4. The first-order chi connectivity index (χ1) is 13.4. The molecule has 0 saturated heterocycles. The van der Waals surface area contributed by atoms with Crippen molar-refractivity contribution in [2.24, 2.45) is 0 Å². The second-order valence-electron chi connectivity index (χ2n) is 5.89. The van der Waals surface area contributed by atoms with Crippen LogP contribution in [0.5, 0.6) is 5.75 Å². The molecule has 0 radical (unpaired) electrons. The molecular weight excluding hydrogens is 403 g/mol. The molecule has 0 spiro atoms. The SMILES string of the molecule is COC(=O)c1cc(OCc2ccccc2C(=O)OC)c2c(Cl)cc(Cl)cc2c1. The standard InChI is InChI=1S/C21H16Cl2O5/c1-26-20(24)14-7-13-8-15(22)10-17(23)19(13)18(9-14)28-11-12-5-3-4-6-16(12)21(25)27-2/h3-10H,11H2,1-2H3. The highest BCUT2D eigenvalue weighted by atomic mass is 35.5. The maximum absolute atomic E-state index is 12.0. The summed E-state index contributed by atoms with van der Waals surface area (Å²) in [4.78, 5) is 24.0. The third-order valence-corrected chi connectivity index (χ3v) is 4.67. The Kier molecular flexibility index (Phi) is 6.07. The van der Waals surface area contributed by atoms with Crippen LogP contribution in [0, 0.1) is 0 Å². The molecule has 0 aliphatic carbocycles. The molecule has 0 heterocycles. The second-order valence-corrected chi connectivity index (χ2v) is 6.73. The van der Waals surface area contributed by atoms with Crippen LogP contribution < -0.4 is 4.74 Å². The lowest BCUT2D eigenvalue weighted by atomic mass is 10.1. The molecule has 0 aliphatic heterocycles. The number of hydrogen-bond acceptors (Lipinski definition) is 5. The van der Waals surface area contributed by atoms with Gasteiger partial charge in [-0.2, -0.15) is 0 Å². The van der Waals surface area contributed by atoms with E-state index in [9.17, 15) is 9.59 Å². The van der Waals surface area contributed by atoms with E-state index in [2.05, 4.69) is 0 Å². The molecule has 0 aliphatic rings. The summed E-state index contributed by atoms with van der Waals surface area (Å²) >= 11 is 12.5. The molecular formula is C21H16Cl2O5. The van der Waals surface area contributed by atoms with Gasteiger partial charge in [-0.3, -0.25) is 0 Å². The van der Waals surface area contributed by atoms with Crippen LogP contribution >= 0.6 is 23.2 Å². The van der Waals surface area contributed by atoms with Gasteiger partial charge in [-0.25, -0.2) is 9.59 Å². The number of carbonyl (C=O) groups is 2.